The summed E-state index contributed by atoms with van der Waals surface area (Å²) in [5.74, 6) is 0.964. The first-order valence-corrected chi connectivity index (χ1v) is 7.17. The summed E-state index contributed by atoms with van der Waals surface area (Å²) in [5, 5.41) is 3.38. The second-order valence-electron chi connectivity index (χ2n) is 6.14. The number of likely N-dealkylation sites (N-methyl/N-ethyl adjacent to an activating group) is 1. The van der Waals surface area contributed by atoms with Crippen LogP contribution in [0, 0.1) is 11.8 Å². The Morgan fingerprint density at radius 3 is 2.42 bits per heavy atom. The third-order valence-corrected chi connectivity index (χ3v) is 3.93. The van der Waals surface area contributed by atoms with E-state index in [0.29, 0.717) is 11.8 Å². The maximum Gasteiger partial charge on any atom is 0.137 e. The maximum absolute atomic E-state index is 6.31. The molecule has 0 bridgehead atoms. The van der Waals surface area contributed by atoms with E-state index < -0.39 is 5.60 Å². The molecule has 1 fully saturated rings. The van der Waals surface area contributed by atoms with Gasteiger partial charge in [0, 0.05) is 7.11 Å². The fourth-order valence-corrected chi connectivity index (χ4v) is 3.22. The minimum atomic E-state index is -0.482. The molecule has 1 aliphatic heterocycles. The molecule has 1 saturated heterocycles. The second-order valence-corrected chi connectivity index (χ2v) is 6.14. The monoisotopic (exact) mass is 267 g/mol. The summed E-state index contributed by atoms with van der Waals surface area (Å²) in [5.41, 5.74) is 2.42. The summed E-state index contributed by atoms with van der Waals surface area (Å²) < 4.78 is 12.2. The molecule has 1 aliphatic rings. The molecule has 19 heavy (non-hydrogen) atoms. The van der Waals surface area contributed by atoms with Gasteiger partial charge in [-0.3, -0.25) is 0 Å². The Bertz CT molecular complexity index is 334. The molecule has 0 aromatic rings. The average Bonchev–Trinajstić information content (AvgIpc) is 2.63. The van der Waals surface area contributed by atoms with Crippen LogP contribution in [0.3, 0.4) is 0 Å². The van der Waals surface area contributed by atoms with E-state index in [0.717, 1.165) is 6.42 Å². The first-order chi connectivity index (χ1) is 8.92. The lowest BCUT2D eigenvalue weighted by molar-refractivity contribution is -0.0700. The van der Waals surface area contributed by atoms with Crippen LogP contribution in [0.15, 0.2) is 18.4 Å². The van der Waals surface area contributed by atoms with Crippen molar-refractivity contribution >= 4 is 0 Å². The van der Waals surface area contributed by atoms with E-state index in [1.54, 1.807) is 7.11 Å². The normalized spacial score (nSPS) is 34.8. The van der Waals surface area contributed by atoms with Gasteiger partial charge in [0.1, 0.15) is 5.60 Å². The van der Waals surface area contributed by atoms with E-state index in [2.05, 4.69) is 45.3 Å². The Balaban J connectivity index is 3.16. The summed E-state index contributed by atoms with van der Waals surface area (Å²) in [6.45, 7) is 12.5. The van der Waals surface area contributed by atoms with Gasteiger partial charge >= 0.3 is 0 Å². The van der Waals surface area contributed by atoms with E-state index in [9.17, 15) is 0 Å². The SMILES string of the molecule is C=C=C[C@]1(OC)[C@H](C(C)C)O[C@H](CC(C)C)[C@@H]1NC. The predicted molar refractivity (Wildman–Crippen MR) is 79.3 cm³/mol. The largest absolute Gasteiger partial charge is 0.370 e. The summed E-state index contributed by atoms with van der Waals surface area (Å²) in [4.78, 5) is 0. The topological polar surface area (TPSA) is 30.5 Å². The molecular weight excluding hydrogens is 238 g/mol. The van der Waals surface area contributed by atoms with Crippen molar-refractivity contribution in [1.82, 2.24) is 5.32 Å². The Kier molecular flexibility index (Phi) is 5.82. The first kappa shape index (κ1) is 16.5. The fourth-order valence-electron chi connectivity index (χ4n) is 3.22. The van der Waals surface area contributed by atoms with Crippen LogP contribution >= 0.6 is 0 Å². The lowest BCUT2D eigenvalue weighted by atomic mass is 9.82. The van der Waals surface area contributed by atoms with Crippen molar-refractivity contribution in [1.29, 1.82) is 0 Å². The van der Waals surface area contributed by atoms with Crippen molar-refractivity contribution < 1.29 is 9.47 Å². The first-order valence-electron chi connectivity index (χ1n) is 7.17. The number of hydrogen-bond donors (Lipinski definition) is 1. The van der Waals surface area contributed by atoms with Gasteiger partial charge in [0.15, 0.2) is 0 Å². The molecule has 1 rings (SSSR count). The third kappa shape index (κ3) is 3.11. The van der Waals surface area contributed by atoms with Crippen molar-refractivity contribution in [3.05, 3.63) is 18.4 Å². The van der Waals surface area contributed by atoms with E-state index >= 15 is 0 Å². The molecule has 0 spiro atoms. The number of ether oxygens (including phenoxy) is 2. The predicted octanol–water partition coefficient (Wildman–Crippen LogP) is 2.77. The standard InChI is InChI=1S/C16H29NO2/c1-8-9-16(18-7)14(17-6)13(10-11(2)3)19-15(16)12(4)5/h9,11-15,17H,1,10H2,2-7H3/t13-,14+,15+,16-/m1/s1. The number of methoxy groups -OCH3 is 1. The Morgan fingerprint density at radius 1 is 1.42 bits per heavy atom. The van der Waals surface area contributed by atoms with Gasteiger partial charge < -0.3 is 14.8 Å². The lowest BCUT2D eigenvalue weighted by Crippen LogP contribution is -2.55. The van der Waals surface area contributed by atoms with E-state index in [4.69, 9.17) is 9.47 Å². The van der Waals surface area contributed by atoms with Crippen LogP contribution in [0.25, 0.3) is 0 Å². The quantitative estimate of drug-likeness (QED) is 0.751. The molecule has 1 N–H and O–H groups in total. The van der Waals surface area contributed by atoms with Crippen LogP contribution in [-0.4, -0.2) is 38.0 Å². The minimum Gasteiger partial charge on any atom is -0.370 e. The summed E-state index contributed by atoms with van der Waals surface area (Å²) in [6.07, 6.45) is 3.12. The van der Waals surface area contributed by atoms with E-state index in [-0.39, 0.29) is 18.2 Å². The molecule has 3 nitrogen and oxygen atoms in total. The third-order valence-electron chi connectivity index (χ3n) is 3.93. The van der Waals surface area contributed by atoms with Gasteiger partial charge in [0.25, 0.3) is 0 Å². The van der Waals surface area contributed by atoms with Gasteiger partial charge in [0.05, 0.1) is 18.2 Å². The molecule has 0 aliphatic carbocycles. The van der Waals surface area contributed by atoms with Crippen LogP contribution in [0.4, 0.5) is 0 Å². The molecular formula is C16H29NO2. The number of hydrogen-bond acceptors (Lipinski definition) is 3. The van der Waals surface area contributed by atoms with Crippen LogP contribution in [0.2, 0.25) is 0 Å². The Hall–Kier alpha value is -0.600. The highest BCUT2D eigenvalue weighted by atomic mass is 16.6. The van der Waals surface area contributed by atoms with Gasteiger partial charge in [0.2, 0.25) is 0 Å². The van der Waals surface area contributed by atoms with Crippen molar-refractivity contribution in [3.8, 4) is 0 Å². The van der Waals surface area contributed by atoms with Crippen molar-refractivity contribution in [2.75, 3.05) is 14.2 Å². The molecule has 3 heteroatoms. The van der Waals surface area contributed by atoms with Crippen LogP contribution < -0.4 is 5.32 Å². The average molecular weight is 267 g/mol. The molecule has 110 valence electrons. The highest BCUT2D eigenvalue weighted by Gasteiger charge is 2.56. The van der Waals surface area contributed by atoms with Crippen molar-refractivity contribution in [3.63, 3.8) is 0 Å². The minimum absolute atomic E-state index is 0.0212. The fraction of sp³-hybridized carbons (Fsp3) is 0.812. The summed E-state index contributed by atoms with van der Waals surface area (Å²) in [7, 11) is 3.71. The highest BCUT2D eigenvalue weighted by Crippen LogP contribution is 2.40. The molecule has 0 aromatic carbocycles. The van der Waals surface area contributed by atoms with Gasteiger partial charge in [-0.15, -0.1) is 5.73 Å². The zero-order valence-electron chi connectivity index (χ0n) is 13.2. The van der Waals surface area contributed by atoms with Crippen LogP contribution in [0.1, 0.15) is 34.1 Å². The smallest absolute Gasteiger partial charge is 0.137 e. The molecule has 0 amide bonds. The van der Waals surface area contributed by atoms with E-state index in [1.165, 1.54) is 0 Å². The summed E-state index contributed by atoms with van der Waals surface area (Å²) >= 11 is 0. The molecule has 0 unspecified atom stereocenters. The lowest BCUT2D eigenvalue weighted by Gasteiger charge is -2.36. The Labute approximate surface area is 118 Å². The zero-order chi connectivity index (χ0) is 14.6. The van der Waals surface area contributed by atoms with Gasteiger partial charge in [-0.05, 0) is 31.4 Å². The van der Waals surface area contributed by atoms with Crippen molar-refractivity contribution in [2.24, 2.45) is 11.8 Å². The van der Waals surface area contributed by atoms with Gasteiger partial charge in [-0.1, -0.05) is 34.3 Å². The number of rotatable bonds is 6. The number of nitrogens with one attached hydrogen (secondary N) is 1. The van der Waals surface area contributed by atoms with Crippen molar-refractivity contribution in [2.45, 2.75) is 58.0 Å². The second kappa shape index (κ2) is 6.71. The Morgan fingerprint density at radius 2 is 2.05 bits per heavy atom. The van der Waals surface area contributed by atoms with Crippen LogP contribution in [0.5, 0.6) is 0 Å². The highest BCUT2D eigenvalue weighted by molar-refractivity contribution is 5.18. The molecule has 1 heterocycles. The molecule has 0 saturated carbocycles. The van der Waals surface area contributed by atoms with Gasteiger partial charge in [-0.2, -0.15) is 0 Å². The van der Waals surface area contributed by atoms with Gasteiger partial charge in [-0.25, -0.2) is 0 Å². The molecule has 4 atom stereocenters. The van der Waals surface area contributed by atoms with E-state index in [1.807, 2.05) is 13.1 Å². The van der Waals surface area contributed by atoms with Crippen LogP contribution in [-0.2, 0) is 9.47 Å². The molecule has 0 aromatic heterocycles. The zero-order valence-corrected chi connectivity index (χ0v) is 13.2. The summed E-state index contributed by atoms with van der Waals surface area (Å²) in [6, 6.07) is 0.126. The molecule has 0 radical (unpaired) electrons. The maximum atomic E-state index is 6.31.